The first-order valence-corrected chi connectivity index (χ1v) is 3.49. The summed E-state index contributed by atoms with van der Waals surface area (Å²) in [6.07, 6.45) is 0.459. The maximum Gasteiger partial charge on any atom is 0.156 e. The number of benzene rings is 1. The molecular formula is C9H9FO2. The van der Waals surface area contributed by atoms with Crippen LogP contribution in [-0.4, -0.2) is 13.4 Å². The smallest absolute Gasteiger partial charge is 0.156 e. The molecule has 0 fully saturated rings. The highest BCUT2D eigenvalue weighted by Gasteiger charge is 2.10. The molecule has 0 aliphatic carbocycles. The van der Waals surface area contributed by atoms with E-state index in [2.05, 4.69) is 0 Å². The molecule has 0 spiro atoms. The molecule has 1 rings (SSSR count). The minimum Gasteiger partial charge on any atom is -0.496 e. The number of rotatable bonds is 2. The lowest BCUT2D eigenvalue weighted by Crippen LogP contribution is -1.96. The van der Waals surface area contributed by atoms with E-state index in [0.717, 1.165) is 5.56 Å². The molecule has 0 saturated heterocycles. The summed E-state index contributed by atoms with van der Waals surface area (Å²) in [7, 11) is 1.41. The van der Waals surface area contributed by atoms with Crippen LogP contribution >= 0.6 is 0 Å². The molecule has 0 saturated carbocycles. The van der Waals surface area contributed by atoms with Gasteiger partial charge < -0.3 is 4.74 Å². The summed E-state index contributed by atoms with van der Waals surface area (Å²) in [6.45, 7) is 1.76. The summed E-state index contributed by atoms with van der Waals surface area (Å²) in [5, 5.41) is 0. The lowest BCUT2D eigenvalue weighted by atomic mass is 10.1. The van der Waals surface area contributed by atoms with Crippen LogP contribution in [0.1, 0.15) is 15.9 Å². The number of aryl methyl sites for hydroxylation is 1. The highest BCUT2D eigenvalue weighted by Crippen LogP contribution is 2.23. The van der Waals surface area contributed by atoms with Crippen molar-refractivity contribution >= 4 is 6.29 Å². The Balaban J connectivity index is 3.38. The lowest BCUT2D eigenvalue weighted by molar-refractivity contribution is 0.111. The average Bonchev–Trinajstić information content (AvgIpc) is 2.08. The van der Waals surface area contributed by atoms with Gasteiger partial charge in [-0.15, -0.1) is 0 Å². The Kier molecular flexibility index (Phi) is 2.43. The number of methoxy groups -OCH3 is 1. The van der Waals surface area contributed by atoms with E-state index in [9.17, 15) is 9.18 Å². The fourth-order valence-corrected chi connectivity index (χ4v) is 1.07. The second kappa shape index (κ2) is 3.34. The molecule has 0 aliphatic rings. The maximum absolute atomic E-state index is 12.9. The van der Waals surface area contributed by atoms with Gasteiger partial charge in [-0.05, 0) is 18.6 Å². The monoisotopic (exact) mass is 168 g/mol. The van der Waals surface area contributed by atoms with Gasteiger partial charge >= 0.3 is 0 Å². The quantitative estimate of drug-likeness (QED) is 0.631. The number of hydrogen-bond acceptors (Lipinski definition) is 2. The van der Waals surface area contributed by atoms with Crippen LogP contribution in [-0.2, 0) is 0 Å². The normalized spacial score (nSPS) is 9.58. The molecular weight excluding hydrogens is 159 g/mol. The molecule has 0 heterocycles. The molecule has 64 valence electrons. The van der Waals surface area contributed by atoms with Crippen molar-refractivity contribution < 1.29 is 13.9 Å². The van der Waals surface area contributed by atoms with Gasteiger partial charge in [0.2, 0.25) is 0 Å². The number of aldehydes is 1. The van der Waals surface area contributed by atoms with Gasteiger partial charge in [0.05, 0.1) is 12.7 Å². The molecule has 1 aromatic rings. The van der Waals surface area contributed by atoms with Crippen molar-refractivity contribution in [1.82, 2.24) is 0 Å². The van der Waals surface area contributed by atoms with Crippen molar-refractivity contribution in [3.8, 4) is 5.75 Å². The predicted octanol–water partition coefficient (Wildman–Crippen LogP) is 1.96. The highest BCUT2D eigenvalue weighted by molar-refractivity contribution is 5.80. The van der Waals surface area contributed by atoms with E-state index in [4.69, 9.17) is 4.74 Å². The van der Waals surface area contributed by atoms with E-state index in [1.165, 1.54) is 13.2 Å². The van der Waals surface area contributed by atoms with Crippen molar-refractivity contribution in [3.05, 3.63) is 29.1 Å². The first kappa shape index (κ1) is 8.71. The molecule has 3 heteroatoms. The van der Waals surface area contributed by atoms with Gasteiger partial charge in [0.1, 0.15) is 11.6 Å². The summed E-state index contributed by atoms with van der Waals surface area (Å²) in [6, 6.07) is 2.82. The van der Waals surface area contributed by atoms with Crippen molar-refractivity contribution in [1.29, 1.82) is 0 Å². The van der Waals surface area contributed by atoms with E-state index in [1.807, 2.05) is 0 Å². The van der Waals surface area contributed by atoms with Crippen LogP contribution in [0.15, 0.2) is 12.1 Å². The highest BCUT2D eigenvalue weighted by atomic mass is 19.1. The van der Waals surface area contributed by atoms with Crippen LogP contribution in [0, 0.1) is 12.7 Å². The molecule has 1 aromatic carbocycles. The molecule has 12 heavy (non-hydrogen) atoms. The van der Waals surface area contributed by atoms with Crippen LogP contribution in [0.4, 0.5) is 4.39 Å². The van der Waals surface area contributed by atoms with Gasteiger partial charge in [0.25, 0.3) is 0 Å². The Bertz CT molecular complexity index is 308. The Morgan fingerprint density at radius 1 is 1.50 bits per heavy atom. The second-order valence-electron chi connectivity index (χ2n) is 2.43. The van der Waals surface area contributed by atoms with Crippen molar-refractivity contribution in [2.75, 3.05) is 7.11 Å². The van der Waals surface area contributed by atoms with Crippen LogP contribution in [0.3, 0.4) is 0 Å². The van der Waals surface area contributed by atoms with Gasteiger partial charge in [-0.3, -0.25) is 4.79 Å². The Morgan fingerprint density at radius 3 is 2.58 bits per heavy atom. The molecule has 0 atom stereocenters. The van der Waals surface area contributed by atoms with E-state index in [0.29, 0.717) is 12.0 Å². The first-order valence-electron chi connectivity index (χ1n) is 3.49. The fraction of sp³-hybridized carbons (Fsp3) is 0.222. The Morgan fingerprint density at radius 2 is 2.17 bits per heavy atom. The minimum atomic E-state index is -0.549. The average molecular weight is 168 g/mol. The molecule has 0 radical (unpaired) electrons. The molecule has 0 bridgehead atoms. The minimum absolute atomic E-state index is 0.0162. The van der Waals surface area contributed by atoms with Crippen LogP contribution in [0.5, 0.6) is 5.75 Å². The number of carbonyl (C=O) groups is 1. The van der Waals surface area contributed by atoms with Crippen LogP contribution < -0.4 is 4.74 Å². The Labute approximate surface area is 70.0 Å². The lowest BCUT2D eigenvalue weighted by Gasteiger charge is -2.06. The topological polar surface area (TPSA) is 26.3 Å². The van der Waals surface area contributed by atoms with Gasteiger partial charge in [0.15, 0.2) is 6.29 Å². The number of hydrogen-bond donors (Lipinski definition) is 0. The Hall–Kier alpha value is -1.38. The van der Waals surface area contributed by atoms with Crippen LogP contribution in [0.25, 0.3) is 0 Å². The molecule has 0 N–H and O–H groups in total. The SMILES string of the molecule is COc1c(C)ccc(F)c1C=O. The number of ether oxygens (including phenoxy) is 1. The zero-order chi connectivity index (χ0) is 9.14. The third-order valence-electron chi connectivity index (χ3n) is 1.66. The largest absolute Gasteiger partial charge is 0.496 e. The molecule has 0 aromatic heterocycles. The molecule has 2 nitrogen and oxygen atoms in total. The van der Waals surface area contributed by atoms with Crippen molar-refractivity contribution in [2.45, 2.75) is 6.92 Å². The van der Waals surface area contributed by atoms with Gasteiger partial charge in [-0.1, -0.05) is 6.07 Å². The van der Waals surface area contributed by atoms with E-state index in [-0.39, 0.29) is 5.56 Å². The summed E-state index contributed by atoms with van der Waals surface area (Å²) >= 11 is 0. The summed E-state index contributed by atoms with van der Waals surface area (Å²) in [5.41, 5.74) is 0.735. The zero-order valence-electron chi connectivity index (χ0n) is 6.93. The standard InChI is InChI=1S/C9H9FO2/c1-6-3-4-8(10)7(5-11)9(6)12-2/h3-5H,1-2H3. The number of halogens is 1. The maximum atomic E-state index is 12.9. The van der Waals surface area contributed by atoms with E-state index >= 15 is 0 Å². The third kappa shape index (κ3) is 1.30. The second-order valence-corrected chi connectivity index (χ2v) is 2.43. The van der Waals surface area contributed by atoms with Gasteiger partial charge in [-0.25, -0.2) is 4.39 Å². The van der Waals surface area contributed by atoms with E-state index < -0.39 is 5.82 Å². The van der Waals surface area contributed by atoms with Crippen molar-refractivity contribution in [3.63, 3.8) is 0 Å². The summed E-state index contributed by atoms with van der Waals surface area (Å²) in [5.74, 6) is -0.238. The van der Waals surface area contributed by atoms with E-state index in [1.54, 1.807) is 13.0 Å². The zero-order valence-corrected chi connectivity index (χ0v) is 6.93. The van der Waals surface area contributed by atoms with Gasteiger partial charge in [-0.2, -0.15) is 0 Å². The van der Waals surface area contributed by atoms with Crippen molar-refractivity contribution in [2.24, 2.45) is 0 Å². The van der Waals surface area contributed by atoms with Crippen LogP contribution in [0.2, 0.25) is 0 Å². The summed E-state index contributed by atoms with van der Waals surface area (Å²) in [4.78, 5) is 10.4. The predicted molar refractivity (Wildman–Crippen MR) is 43.1 cm³/mol. The number of carbonyl (C=O) groups excluding carboxylic acids is 1. The van der Waals surface area contributed by atoms with Gasteiger partial charge in [0, 0.05) is 0 Å². The molecule has 0 aliphatic heterocycles. The molecule has 0 unspecified atom stereocenters. The molecule has 0 amide bonds. The fourth-order valence-electron chi connectivity index (χ4n) is 1.07. The first-order chi connectivity index (χ1) is 5.70. The third-order valence-corrected chi connectivity index (χ3v) is 1.66. The summed E-state index contributed by atoms with van der Waals surface area (Å²) < 4.78 is 17.8.